The molecule has 1 amide bonds. The minimum atomic E-state index is -0.494. The number of hydrogen-bond donors (Lipinski definition) is 1. The van der Waals surface area contributed by atoms with E-state index in [9.17, 15) is 14.9 Å². The van der Waals surface area contributed by atoms with Crippen molar-refractivity contribution >= 4 is 17.3 Å². The van der Waals surface area contributed by atoms with Crippen molar-refractivity contribution in [2.75, 3.05) is 32.6 Å². The molecule has 0 saturated heterocycles. The minimum Gasteiger partial charge on any atom is -0.383 e. The van der Waals surface area contributed by atoms with Crippen LogP contribution in [0, 0.1) is 10.1 Å². The van der Waals surface area contributed by atoms with Crippen LogP contribution >= 0.6 is 0 Å². The number of nitro groups is 1. The summed E-state index contributed by atoms with van der Waals surface area (Å²) >= 11 is 0. The topological polar surface area (TPSA) is 84.7 Å². The molecule has 2 rings (SSSR count). The third-order valence-electron chi connectivity index (χ3n) is 4.25. The molecule has 138 valence electrons. The number of ether oxygens (including phenoxy) is 1. The summed E-state index contributed by atoms with van der Waals surface area (Å²) < 4.78 is 4.93. The normalized spacial score (nSPS) is 11.7. The fraction of sp³-hybridized carbons (Fsp3) is 0.316. The van der Waals surface area contributed by atoms with Gasteiger partial charge < -0.3 is 15.0 Å². The van der Waals surface area contributed by atoms with Crippen molar-refractivity contribution in [1.29, 1.82) is 0 Å². The number of benzene rings is 2. The molecule has 0 spiro atoms. The summed E-state index contributed by atoms with van der Waals surface area (Å²) in [4.78, 5) is 25.2. The SMILES string of the molecule is COCCNc1ccc(C(=O)N(C)[C@H](C)c2ccccc2)cc1[N+](=O)[O-]. The van der Waals surface area contributed by atoms with Gasteiger partial charge in [0.1, 0.15) is 5.69 Å². The van der Waals surface area contributed by atoms with Crippen LogP contribution in [0.15, 0.2) is 48.5 Å². The van der Waals surface area contributed by atoms with Gasteiger partial charge in [0.2, 0.25) is 0 Å². The maximum absolute atomic E-state index is 12.8. The molecule has 0 aliphatic rings. The first-order valence-electron chi connectivity index (χ1n) is 8.29. The molecule has 26 heavy (non-hydrogen) atoms. The Morgan fingerprint density at radius 3 is 2.58 bits per heavy atom. The van der Waals surface area contributed by atoms with Gasteiger partial charge >= 0.3 is 0 Å². The fourth-order valence-electron chi connectivity index (χ4n) is 2.59. The van der Waals surface area contributed by atoms with Gasteiger partial charge in [-0.1, -0.05) is 30.3 Å². The summed E-state index contributed by atoms with van der Waals surface area (Å²) in [6.45, 7) is 2.78. The Morgan fingerprint density at radius 1 is 1.27 bits per heavy atom. The van der Waals surface area contributed by atoms with E-state index in [1.807, 2.05) is 37.3 Å². The van der Waals surface area contributed by atoms with Crippen LogP contribution in [0.2, 0.25) is 0 Å². The molecular weight excluding hydrogens is 334 g/mol. The van der Waals surface area contributed by atoms with Gasteiger partial charge in [0.15, 0.2) is 0 Å². The summed E-state index contributed by atoms with van der Waals surface area (Å²) in [5.74, 6) is -0.270. The van der Waals surface area contributed by atoms with Gasteiger partial charge in [-0.15, -0.1) is 0 Å². The highest BCUT2D eigenvalue weighted by molar-refractivity contribution is 5.95. The molecule has 0 bridgehead atoms. The summed E-state index contributed by atoms with van der Waals surface area (Å²) in [5.41, 5.74) is 1.50. The molecule has 0 heterocycles. The zero-order valence-electron chi connectivity index (χ0n) is 15.1. The Balaban J connectivity index is 2.22. The lowest BCUT2D eigenvalue weighted by Crippen LogP contribution is -2.29. The highest BCUT2D eigenvalue weighted by Gasteiger charge is 2.22. The quantitative estimate of drug-likeness (QED) is 0.444. The fourth-order valence-corrected chi connectivity index (χ4v) is 2.59. The number of nitrogens with zero attached hydrogens (tertiary/aromatic N) is 2. The molecule has 0 unspecified atom stereocenters. The number of nitro benzene ring substituents is 1. The van der Waals surface area contributed by atoms with E-state index in [1.165, 1.54) is 6.07 Å². The largest absolute Gasteiger partial charge is 0.383 e. The van der Waals surface area contributed by atoms with Gasteiger partial charge in [0.05, 0.1) is 17.6 Å². The zero-order chi connectivity index (χ0) is 19.1. The molecule has 0 radical (unpaired) electrons. The molecule has 0 aromatic heterocycles. The molecule has 2 aromatic carbocycles. The van der Waals surface area contributed by atoms with Gasteiger partial charge in [-0.2, -0.15) is 0 Å². The van der Waals surface area contributed by atoms with E-state index < -0.39 is 4.92 Å². The molecule has 7 nitrogen and oxygen atoms in total. The van der Waals surface area contributed by atoms with E-state index in [1.54, 1.807) is 31.2 Å². The maximum Gasteiger partial charge on any atom is 0.293 e. The highest BCUT2D eigenvalue weighted by atomic mass is 16.6. The first-order valence-corrected chi connectivity index (χ1v) is 8.29. The van der Waals surface area contributed by atoms with Crippen molar-refractivity contribution in [3.8, 4) is 0 Å². The van der Waals surface area contributed by atoms with E-state index in [2.05, 4.69) is 5.32 Å². The van der Waals surface area contributed by atoms with Crippen molar-refractivity contribution in [1.82, 2.24) is 4.90 Å². The molecule has 0 fully saturated rings. The molecule has 1 atom stereocenters. The van der Waals surface area contributed by atoms with Crippen LogP contribution in [0.1, 0.15) is 28.9 Å². The lowest BCUT2D eigenvalue weighted by molar-refractivity contribution is -0.384. The second-order valence-corrected chi connectivity index (χ2v) is 5.91. The Morgan fingerprint density at radius 2 is 1.96 bits per heavy atom. The van der Waals surface area contributed by atoms with E-state index in [0.717, 1.165) is 5.56 Å². The molecule has 7 heteroatoms. The maximum atomic E-state index is 12.8. The van der Waals surface area contributed by atoms with E-state index in [-0.39, 0.29) is 23.2 Å². The summed E-state index contributed by atoms with van der Waals surface area (Å²) in [7, 11) is 3.25. The summed E-state index contributed by atoms with van der Waals surface area (Å²) in [5, 5.41) is 14.3. The first kappa shape index (κ1) is 19.4. The zero-order valence-corrected chi connectivity index (χ0v) is 15.1. The number of rotatable bonds is 8. The van der Waals surface area contributed by atoms with Crippen molar-refractivity contribution < 1.29 is 14.5 Å². The third kappa shape index (κ3) is 4.58. The number of nitrogens with one attached hydrogen (secondary N) is 1. The average Bonchev–Trinajstić information content (AvgIpc) is 2.67. The summed E-state index contributed by atoms with van der Waals surface area (Å²) in [6, 6.07) is 13.9. The average molecular weight is 357 g/mol. The van der Waals surface area contributed by atoms with Crippen LogP contribution in [0.4, 0.5) is 11.4 Å². The predicted octanol–water partition coefficient (Wildman–Crippen LogP) is 3.49. The van der Waals surface area contributed by atoms with Crippen LogP contribution in [-0.4, -0.2) is 43.0 Å². The molecule has 1 N–H and O–H groups in total. The number of hydrogen-bond acceptors (Lipinski definition) is 5. The van der Waals surface area contributed by atoms with Crippen molar-refractivity contribution in [3.63, 3.8) is 0 Å². The van der Waals surface area contributed by atoms with Crippen LogP contribution in [-0.2, 0) is 4.74 Å². The standard InChI is InChI=1S/C19H23N3O4/c1-14(15-7-5-4-6-8-15)21(2)19(23)16-9-10-17(20-11-12-26-3)18(13-16)22(24)25/h4-10,13-14,20H,11-12H2,1-3H3/t14-/m1/s1. The van der Waals surface area contributed by atoms with Crippen molar-refractivity contribution in [2.45, 2.75) is 13.0 Å². The minimum absolute atomic E-state index is 0.132. The molecule has 0 saturated carbocycles. The molecule has 2 aromatic rings. The Bertz CT molecular complexity index is 765. The highest BCUT2D eigenvalue weighted by Crippen LogP contribution is 2.27. The van der Waals surface area contributed by atoms with Crippen molar-refractivity contribution in [3.05, 3.63) is 69.8 Å². The molecular formula is C19H23N3O4. The lowest BCUT2D eigenvalue weighted by atomic mass is 10.1. The van der Waals surface area contributed by atoms with Gasteiger partial charge in [0.25, 0.3) is 11.6 Å². The Labute approximate surface area is 152 Å². The molecule has 0 aliphatic heterocycles. The van der Waals surface area contributed by atoms with E-state index in [0.29, 0.717) is 18.8 Å². The predicted molar refractivity (Wildman–Crippen MR) is 100 cm³/mol. The third-order valence-corrected chi connectivity index (χ3v) is 4.25. The smallest absolute Gasteiger partial charge is 0.293 e. The van der Waals surface area contributed by atoms with Crippen LogP contribution in [0.3, 0.4) is 0 Å². The van der Waals surface area contributed by atoms with Crippen LogP contribution in [0.25, 0.3) is 0 Å². The van der Waals surface area contributed by atoms with Gasteiger partial charge in [-0.25, -0.2) is 0 Å². The van der Waals surface area contributed by atoms with Gasteiger partial charge in [-0.05, 0) is 24.6 Å². The van der Waals surface area contributed by atoms with Crippen LogP contribution in [0.5, 0.6) is 0 Å². The number of carbonyl (C=O) groups is 1. The monoisotopic (exact) mass is 357 g/mol. The van der Waals surface area contributed by atoms with Gasteiger partial charge in [-0.3, -0.25) is 14.9 Å². The molecule has 0 aliphatic carbocycles. The van der Waals surface area contributed by atoms with E-state index >= 15 is 0 Å². The van der Waals surface area contributed by atoms with Crippen molar-refractivity contribution in [2.24, 2.45) is 0 Å². The number of carbonyl (C=O) groups excluding carboxylic acids is 1. The second kappa shape index (κ2) is 8.96. The first-order chi connectivity index (χ1) is 12.5. The van der Waals surface area contributed by atoms with E-state index in [4.69, 9.17) is 4.74 Å². The number of amides is 1. The Kier molecular flexibility index (Phi) is 6.68. The lowest BCUT2D eigenvalue weighted by Gasteiger charge is -2.25. The number of methoxy groups -OCH3 is 1. The second-order valence-electron chi connectivity index (χ2n) is 5.91. The van der Waals surface area contributed by atoms with Gasteiger partial charge in [0, 0.05) is 32.3 Å². The van der Waals surface area contributed by atoms with Crippen LogP contribution < -0.4 is 5.32 Å². The summed E-state index contributed by atoms with van der Waals surface area (Å²) in [6.07, 6.45) is 0. The number of anilines is 1. The Hall–Kier alpha value is -2.93.